The zero-order valence-electron chi connectivity index (χ0n) is 10.1. The molecule has 1 fully saturated rings. The van der Waals surface area contributed by atoms with E-state index in [1.165, 1.54) is 32.1 Å². The van der Waals surface area contributed by atoms with Crippen molar-refractivity contribution in [2.45, 2.75) is 51.5 Å². The lowest BCUT2D eigenvalue weighted by molar-refractivity contribution is 0.0174. The van der Waals surface area contributed by atoms with Crippen LogP contribution in [0.15, 0.2) is 0 Å². The molecule has 0 saturated heterocycles. The van der Waals surface area contributed by atoms with Gasteiger partial charge in [-0.05, 0) is 18.8 Å². The van der Waals surface area contributed by atoms with Gasteiger partial charge in [0.15, 0.2) is 0 Å². The lowest BCUT2D eigenvalue weighted by Crippen LogP contribution is -2.40. The third-order valence-corrected chi connectivity index (χ3v) is 3.33. The van der Waals surface area contributed by atoms with Crippen LogP contribution < -0.4 is 5.32 Å². The first-order valence-corrected chi connectivity index (χ1v) is 6.33. The fourth-order valence-electron chi connectivity index (χ4n) is 2.45. The van der Waals surface area contributed by atoms with Gasteiger partial charge in [-0.3, -0.25) is 0 Å². The van der Waals surface area contributed by atoms with Crippen molar-refractivity contribution in [2.75, 3.05) is 19.8 Å². The van der Waals surface area contributed by atoms with Gasteiger partial charge in [0, 0.05) is 12.6 Å². The predicted octanol–water partition coefficient (Wildman–Crippen LogP) is 2.83. The first-order valence-electron chi connectivity index (χ1n) is 6.33. The van der Waals surface area contributed by atoms with E-state index in [2.05, 4.69) is 12.2 Å². The molecule has 0 heterocycles. The second kappa shape index (κ2) is 7.96. The molecule has 1 N–H and O–H groups in total. The van der Waals surface area contributed by atoms with E-state index in [1.807, 2.05) is 0 Å². The minimum atomic E-state index is -2.35. The van der Waals surface area contributed by atoms with Crippen LogP contribution in [0.2, 0.25) is 0 Å². The van der Waals surface area contributed by atoms with Crippen molar-refractivity contribution in [3.05, 3.63) is 0 Å². The summed E-state index contributed by atoms with van der Waals surface area (Å²) < 4.78 is 28.4. The molecule has 0 aliphatic heterocycles. The van der Waals surface area contributed by atoms with Crippen LogP contribution in [0.5, 0.6) is 0 Å². The van der Waals surface area contributed by atoms with Crippen LogP contribution in [-0.2, 0) is 4.74 Å². The summed E-state index contributed by atoms with van der Waals surface area (Å²) in [6.07, 6.45) is 3.98. The molecule has 0 spiro atoms. The molecule has 0 aromatic heterocycles. The summed E-state index contributed by atoms with van der Waals surface area (Å²) >= 11 is 0. The summed E-state index contributed by atoms with van der Waals surface area (Å²) in [5.41, 5.74) is 0. The van der Waals surface area contributed by atoms with Gasteiger partial charge < -0.3 is 10.1 Å². The van der Waals surface area contributed by atoms with Crippen molar-refractivity contribution < 1.29 is 13.5 Å². The molecule has 16 heavy (non-hydrogen) atoms. The molecule has 2 nitrogen and oxygen atoms in total. The Morgan fingerprint density at radius 1 is 1.31 bits per heavy atom. The van der Waals surface area contributed by atoms with Crippen LogP contribution in [0, 0.1) is 5.92 Å². The molecule has 0 radical (unpaired) electrons. The Balaban J connectivity index is 2.06. The zero-order chi connectivity index (χ0) is 11.8. The second-order valence-electron chi connectivity index (χ2n) is 4.48. The number of hydrogen-bond donors (Lipinski definition) is 1. The van der Waals surface area contributed by atoms with Crippen LogP contribution in [0.4, 0.5) is 8.78 Å². The third kappa shape index (κ3) is 5.21. The number of alkyl halides is 2. The Morgan fingerprint density at radius 3 is 2.75 bits per heavy atom. The molecule has 0 amide bonds. The van der Waals surface area contributed by atoms with E-state index in [9.17, 15) is 8.78 Å². The van der Waals surface area contributed by atoms with Crippen LogP contribution in [0.25, 0.3) is 0 Å². The molecule has 4 heteroatoms. The molecule has 0 aromatic carbocycles. The summed E-state index contributed by atoms with van der Waals surface area (Å²) in [6, 6.07) is 0.564. The molecule has 96 valence electrons. The van der Waals surface area contributed by atoms with Crippen molar-refractivity contribution in [1.29, 1.82) is 0 Å². The Morgan fingerprint density at radius 2 is 2.06 bits per heavy atom. The molecule has 1 saturated carbocycles. The maximum absolute atomic E-state index is 11.8. The minimum Gasteiger partial charge on any atom is -0.374 e. The smallest absolute Gasteiger partial charge is 0.261 e. The van der Waals surface area contributed by atoms with Crippen molar-refractivity contribution in [2.24, 2.45) is 5.92 Å². The topological polar surface area (TPSA) is 21.3 Å². The van der Waals surface area contributed by atoms with Gasteiger partial charge in [-0.25, -0.2) is 8.78 Å². The highest BCUT2D eigenvalue weighted by atomic mass is 19.3. The zero-order valence-corrected chi connectivity index (χ0v) is 10.1. The largest absolute Gasteiger partial charge is 0.374 e. The number of hydrogen-bond acceptors (Lipinski definition) is 2. The van der Waals surface area contributed by atoms with E-state index in [0.717, 1.165) is 5.92 Å². The van der Waals surface area contributed by atoms with Crippen LogP contribution in [0.1, 0.15) is 39.0 Å². The molecule has 1 aliphatic rings. The summed E-state index contributed by atoms with van der Waals surface area (Å²) in [5, 5.41) is 3.43. The highest BCUT2D eigenvalue weighted by molar-refractivity contribution is 4.79. The molecule has 0 aromatic rings. The van der Waals surface area contributed by atoms with E-state index < -0.39 is 13.0 Å². The van der Waals surface area contributed by atoms with E-state index in [0.29, 0.717) is 19.2 Å². The van der Waals surface area contributed by atoms with E-state index in [4.69, 9.17) is 4.74 Å². The van der Waals surface area contributed by atoms with E-state index >= 15 is 0 Å². The van der Waals surface area contributed by atoms with Crippen molar-refractivity contribution in [1.82, 2.24) is 5.32 Å². The highest BCUT2D eigenvalue weighted by Crippen LogP contribution is 2.26. The lowest BCUT2D eigenvalue weighted by atomic mass is 9.83. The first-order chi connectivity index (χ1) is 7.74. The molecule has 0 bridgehead atoms. The van der Waals surface area contributed by atoms with Crippen molar-refractivity contribution in [3.63, 3.8) is 0 Å². The summed E-state index contributed by atoms with van der Waals surface area (Å²) in [4.78, 5) is 0. The Hall–Kier alpha value is -0.220. The maximum atomic E-state index is 11.8. The van der Waals surface area contributed by atoms with E-state index in [1.54, 1.807) is 0 Å². The molecule has 1 aliphatic carbocycles. The van der Waals surface area contributed by atoms with Gasteiger partial charge in [0.1, 0.15) is 6.61 Å². The van der Waals surface area contributed by atoms with Crippen LogP contribution in [-0.4, -0.2) is 32.2 Å². The number of rotatable bonds is 7. The van der Waals surface area contributed by atoms with Crippen molar-refractivity contribution >= 4 is 0 Å². The van der Waals surface area contributed by atoms with Gasteiger partial charge in [-0.2, -0.15) is 0 Å². The standard InChI is InChI=1S/C12H23F2NO/c1-2-10-5-3-4-6-11(10)15-7-8-16-9-12(13)14/h10-12,15H,2-9H2,1H3. The molecule has 1 rings (SSSR count). The SMILES string of the molecule is CCC1CCCCC1NCCOCC(F)F. The number of ether oxygens (including phenoxy) is 1. The second-order valence-corrected chi connectivity index (χ2v) is 4.48. The number of halogens is 2. The average Bonchev–Trinajstić information content (AvgIpc) is 2.29. The average molecular weight is 235 g/mol. The third-order valence-electron chi connectivity index (χ3n) is 3.33. The van der Waals surface area contributed by atoms with Crippen molar-refractivity contribution in [3.8, 4) is 0 Å². The fourth-order valence-corrected chi connectivity index (χ4v) is 2.45. The van der Waals surface area contributed by atoms with Gasteiger partial charge in [-0.1, -0.05) is 26.2 Å². The lowest BCUT2D eigenvalue weighted by Gasteiger charge is -2.31. The summed E-state index contributed by atoms with van der Waals surface area (Å²) in [7, 11) is 0. The van der Waals surface area contributed by atoms with Gasteiger partial charge in [0.25, 0.3) is 6.43 Å². The quantitative estimate of drug-likeness (QED) is 0.685. The van der Waals surface area contributed by atoms with Gasteiger partial charge in [-0.15, -0.1) is 0 Å². The molecule has 2 unspecified atom stereocenters. The molecular weight excluding hydrogens is 212 g/mol. The van der Waals surface area contributed by atoms with E-state index in [-0.39, 0.29) is 0 Å². The number of nitrogens with one attached hydrogen (secondary N) is 1. The molecular formula is C12H23F2NO. The minimum absolute atomic E-state index is 0.386. The Kier molecular flexibility index (Phi) is 6.88. The van der Waals surface area contributed by atoms with Gasteiger partial charge in [0.05, 0.1) is 6.61 Å². The highest BCUT2D eigenvalue weighted by Gasteiger charge is 2.22. The fraction of sp³-hybridized carbons (Fsp3) is 1.00. The Labute approximate surface area is 96.7 Å². The predicted molar refractivity (Wildman–Crippen MR) is 60.9 cm³/mol. The summed E-state index contributed by atoms with van der Waals surface area (Å²) in [5.74, 6) is 0.754. The van der Waals surface area contributed by atoms with Gasteiger partial charge in [0.2, 0.25) is 0 Å². The summed E-state index contributed by atoms with van der Waals surface area (Å²) in [6.45, 7) is 2.85. The Bertz CT molecular complexity index is 178. The first kappa shape index (κ1) is 13.8. The van der Waals surface area contributed by atoms with Crippen LogP contribution in [0.3, 0.4) is 0 Å². The monoisotopic (exact) mass is 235 g/mol. The van der Waals surface area contributed by atoms with Crippen LogP contribution >= 0.6 is 0 Å². The molecule has 2 atom stereocenters. The van der Waals surface area contributed by atoms with Gasteiger partial charge >= 0.3 is 0 Å². The normalized spacial score (nSPS) is 26.2. The maximum Gasteiger partial charge on any atom is 0.261 e.